The molecule has 0 aromatic carbocycles. The summed E-state index contributed by atoms with van der Waals surface area (Å²) in [5.74, 6) is 1.33. The lowest BCUT2D eigenvalue weighted by Gasteiger charge is -2.33. The summed E-state index contributed by atoms with van der Waals surface area (Å²) in [5, 5.41) is 3.95. The Hall–Kier alpha value is -2.58. The molecule has 0 saturated carbocycles. The quantitative estimate of drug-likeness (QED) is 0.692. The summed E-state index contributed by atoms with van der Waals surface area (Å²) in [6.07, 6.45) is 1.74. The lowest BCUT2D eigenvalue weighted by molar-refractivity contribution is 0.118. The molecule has 1 aliphatic rings. The third-order valence-electron chi connectivity index (χ3n) is 4.41. The van der Waals surface area contributed by atoms with E-state index in [1.807, 2.05) is 18.2 Å². The highest BCUT2D eigenvalue weighted by molar-refractivity contribution is 5.37. The second-order valence-electron chi connectivity index (χ2n) is 6.30. The van der Waals surface area contributed by atoms with E-state index in [1.165, 1.54) is 0 Å². The summed E-state index contributed by atoms with van der Waals surface area (Å²) in [5.41, 5.74) is 1.47. The number of hydrogen-bond donors (Lipinski definition) is 0. The molecule has 0 amide bonds. The Bertz CT molecular complexity index is 926. The number of piperazine rings is 1. The molecule has 4 heterocycles. The SMILES string of the molecule is Cc1nc(CN2CCN(Cc3cc(=O)n4ccccc4n3)CC2)no1. The molecule has 0 radical (unpaired) electrons. The van der Waals surface area contributed by atoms with Crippen LogP contribution < -0.4 is 5.56 Å². The van der Waals surface area contributed by atoms with Crippen molar-refractivity contribution in [1.29, 1.82) is 0 Å². The minimum absolute atomic E-state index is 0.0355. The van der Waals surface area contributed by atoms with E-state index >= 15 is 0 Å². The topological polar surface area (TPSA) is 79.8 Å². The number of aromatic nitrogens is 4. The Labute approximate surface area is 144 Å². The summed E-state index contributed by atoms with van der Waals surface area (Å²) in [6.45, 7) is 6.91. The van der Waals surface area contributed by atoms with Gasteiger partial charge < -0.3 is 4.52 Å². The van der Waals surface area contributed by atoms with E-state index in [4.69, 9.17) is 4.52 Å². The Morgan fingerprint density at radius 3 is 2.56 bits per heavy atom. The van der Waals surface area contributed by atoms with Crippen LogP contribution in [0.25, 0.3) is 5.65 Å². The van der Waals surface area contributed by atoms with Crippen LogP contribution >= 0.6 is 0 Å². The minimum Gasteiger partial charge on any atom is -0.340 e. The summed E-state index contributed by atoms with van der Waals surface area (Å²) in [6, 6.07) is 7.21. The van der Waals surface area contributed by atoms with Crippen LogP contribution in [0.5, 0.6) is 0 Å². The van der Waals surface area contributed by atoms with Gasteiger partial charge in [-0.1, -0.05) is 11.2 Å². The molecule has 0 bridgehead atoms. The first-order chi connectivity index (χ1) is 12.2. The molecule has 25 heavy (non-hydrogen) atoms. The van der Waals surface area contributed by atoms with Crippen molar-refractivity contribution < 1.29 is 4.52 Å². The summed E-state index contributed by atoms with van der Waals surface area (Å²) in [7, 11) is 0. The van der Waals surface area contributed by atoms with Crippen LogP contribution in [0.1, 0.15) is 17.4 Å². The standard InChI is InChI=1S/C17H20N6O2/c1-13-18-15(20-25-13)12-22-8-6-21(7-9-22)11-14-10-17(24)23-5-3-2-4-16(23)19-14/h2-5,10H,6-9,11-12H2,1H3. The Morgan fingerprint density at radius 1 is 1.08 bits per heavy atom. The fourth-order valence-electron chi connectivity index (χ4n) is 3.12. The lowest BCUT2D eigenvalue weighted by atomic mass is 10.2. The molecular weight excluding hydrogens is 320 g/mol. The zero-order valence-electron chi connectivity index (χ0n) is 14.1. The molecule has 8 heteroatoms. The molecule has 8 nitrogen and oxygen atoms in total. The number of pyridine rings is 1. The van der Waals surface area contributed by atoms with E-state index in [1.54, 1.807) is 23.6 Å². The molecule has 0 aliphatic carbocycles. The first kappa shape index (κ1) is 15.9. The minimum atomic E-state index is -0.0355. The van der Waals surface area contributed by atoms with Crippen molar-refractivity contribution in [2.75, 3.05) is 26.2 Å². The average molecular weight is 340 g/mol. The largest absolute Gasteiger partial charge is 0.340 e. The number of hydrogen-bond acceptors (Lipinski definition) is 7. The maximum Gasteiger partial charge on any atom is 0.258 e. The second kappa shape index (κ2) is 6.73. The Balaban J connectivity index is 1.38. The molecule has 3 aromatic rings. The molecule has 1 aliphatic heterocycles. The van der Waals surface area contributed by atoms with Crippen LogP contribution in [0.4, 0.5) is 0 Å². The molecule has 0 unspecified atom stereocenters. The van der Waals surface area contributed by atoms with E-state index in [0.717, 1.165) is 37.7 Å². The van der Waals surface area contributed by atoms with Crippen molar-refractivity contribution in [3.8, 4) is 0 Å². The zero-order chi connectivity index (χ0) is 17.2. The second-order valence-corrected chi connectivity index (χ2v) is 6.30. The molecule has 0 spiro atoms. The fraction of sp³-hybridized carbons (Fsp3) is 0.412. The van der Waals surface area contributed by atoms with Crippen molar-refractivity contribution >= 4 is 5.65 Å². The van der Waals surface area contributed by atoms with Gasteiger partial charge in [0.15, 0.2) is 5.82 Å². The van der Waals surface area contributed by atoms with Crippen molar-refractivity contribution in [3.05, 3.63) is 58.2 Å². The van der Waals surface area contributed by atoms with Gasteiger partial charge in [-0.25, -0.2) is 4.98 Å². The highest BCUT2D eigenvalue weighted by atomic mass is 16.5. The van der Waals surface area contributed by atoms with Crippen molar-refractivity contribution in [3.63, 3.8) is 0 Å². The van der Waals surface area contributed by atoms with E-state index in [-0.39, 0.29) is 5.56 Å². The highest BCUT2D eigenvalue weighted by Gasteiger charge is 2.19. The maximum absolute atomic E-state index is 12.2. The summed E-state index contributed by atoms with van der Waals surface area (Å²) in [4.78, 5) is 25.6. The first-order valence-corrected chi connectivity index (χ1v) is 8.38. The van der Waals surface area contributed by atoms with Crippen LogP contribution in [-0.2, 0) is 13.1 Å². The fourth-order valence-corrected chi connectivity index (χ4v) is 3.12. The monoisotopic (exact) mass is 340 g/mol. The highest BCUT2D eigenvalue weighted by Crippen LogP contribution is 2.09. The summed E-state index contributed by atoms with van der Waals surface area (Å²) >= 11 is 0. The maximum atomic E-state index is 12.2. The van der Waals surface area contributed by atoms with Crippen LogP contribution in [0.3, 0.4) is 0 Å². The van der Waals surface area contributed by atoms with Gasteiger partial charge >= 0.3 is 0 Å². The molecule has 0 N–H and O–H groups in total. The van der Waals surface area contributed by atoms with Gasteiger partial charge in [-0.3, -0.25) is 19.0 Å². The van der Waals surface area contributed by atoms with Gasteiger partial charge in [0.05, 0.1) is 12.2 Å². The average Bonchev–Trinajstić information content (AvgIpc) is 3.02. The van der Waals surface area contributed by atoms with Gasteiger partial charge in [0, 0.05) is 51.9 Å². The van der Waals surface area contributed by atoms with E-state index < -0.39 is 0 Å². The number of fused-ring (bicyclic) bond motifs is 1. The third-order valence-corrected chi connectivity index (χ3v) is 4.41. The van der Waals surface area contributed by atoms with Crippen LogP contribution in [0.2, 0.25) is 0 Å². The summed E-state index contributed by atoms with van der Waals surface area (Å²) < 4.78 is 6.58. The van der Waals surface area contributed by atoms with Gasteiger partial charge in [0.25, 0.3) is 5.56 Å². The van der Waals surface area contributed by atoms with E-state index in [0.29, 0.717) is 24.6 Å². The van der Waals surface area contributed by atoms with Gasteiger partial charge in [0.2, 0.25) is 5.89 Å². The lowest BCUT2D eigenvalue weighted by Crippen LogP contribution is -2.45. The van der Waals surface area contributed by atoms with Crippen molar-refractivity contribution in [1.82, 2.24) is 29.3 Å². The van der Waals surface area contributed by atoms with Gasteiger partial charge in [-0.15, -0.1) is 0 Å². The Morgan fingerprint density at radius 2 is 1.84 bits per heavy atom. The predicted molar refractivity (Wildman–Crippen MR) is 91.1 cm³/mol. The molecular formula is C17H20N6O2. The number of rotatable bonds is 4. The van der Waals surface area contributed by atoms with Crippen LogP contribution in [0.15, 0.2) is 39.8 Å². The molecule has 4 rings (SSSR count). The van der Waals surface area contributed by atoms with E-state index in [2.05, 4.69) is 24.9 Å². The van der Waals surface area contributed by atoms with Gasteiger partial charge in [-0.2, -0.15) is 4.98 Å². The molecule has 130 valence electrons. The van der Waals surface area contributed by atoms with Gasteiger partial charge in [0.1, 0.15) is 5.65 Å². The predicted octanol–water partition coefficient (Wildman–Crippen LogP) is 0.704. The smallest absolute Gasteiger partial charge is 0.258 e. The Kier molecular flexibility index (Phi) is 4.29. The zero-order valence-corrected chi connectivity index (χ0v) is 14.1. The van der Waals surface area contributed by atoms with Crippen molar-refractivity contribution in [2.45, 2.75) is 20.0 Å². The van der Waals surface area contributed by atoms with Crippen molar-refractivity contribution in [2.24, 2.45) is 0 Å². The van der Waals surface area contributed by atoms with Crippen LogP contribution in [-0.4, -0.2) is 55.5 Å². The molecule has 1 saturated heterocycles. The first-order valence-electron chi connectivity index (χ1n) is 8.38. The van der Waals surface area contributed by atoms with E-state index in [9.17, 15) is 4.79 Å². The molecule has 3 aromatic heterocycles. The third kappa shape index (κ3) is 3.59. The molecule has 0 atom stereocenters. The van der Waals surface area contributed by atoms with Gasteiger partial charge in [-0.05, 0) is 12.1 Å². The molecule has 1 fully saturated rings. The number of nitrogens with zero attached hydrogens (tertiary/aromatic N) is 6. The normalized spacial score (nSPS) is 16.5. The number of aryl methyl sites for hydroxylation is 1. The van der Waals surface area contributed by atoms with Crippen LogP contribution in [0, 0.1) is 6.92 Å².